The number of rotatable bonds is 3. The average molecular weight is 276 g/mol. The fourth-order valence-corrected chi connectivity index (χ4v) is 2.31. The summed E-state index contributed by atoms with van der Waals surface area (Å²) >= 11 is 0. The highest BCUT2D eigenvalue weighted by Crippen LogP contribution is 2.21. The lowest BCUT2D eigenvalue weighted by Gasteiger charge is -2.07. The second kappa shape index (κ2) is 4.37. The summed E-state index contributed by atoms with van der Waals surface area (Å²) in [5.41, 5.74) is -0.657. The lowest BCUT2D eigenvalue weighted by atomic mass is 10.3. The zero-order valence-electron chi connectivity index (χ0n) is 8.75. The van der Waals surface area contributed by atoms with Gasteiger partial charge in [-0.25, -0.2) is 21.6 Å². The molecule has 2 aromatic rings. The Labute approximate surface area is 101 Å². The molecule has 0 amide bonds. The number of hydrogen-bond acceptors (Lipinski definition) is 2. The summed E-state index contributed by atoms with van der Waals surface area (Å²) in [4.78, 5) is 2.36. The second-order valence-corrected chi connectivity index (χ2v) is 5.08. The van der Waals surface area contributed by atoms with Crippen LogP contribution >= 0.6 is 0 Å². The van der Waals surface area contributed by atoms with E-state index in [9.17, 15) is 21.6 Å². The summed E-state index contributed by atoms with van der Waals surface area (Å²) in [6, 6.07) is 1.94. The van der Waals surface area contributed by atoms with Gasteiger partial charge in [0.2, 0.25) is 0 Å². The van der Waals surface area contributed by atoms with E-state index in [1.54, 1.807) is 0 Å². The van der Waals surface area contributed by atoms with E-state index in [-0.39, 0.29) is 11.0 Å². The van der Waals surface area contributed by atoms with Gasteiger partial charge in [-0.15, -0.1) is 0 Å². The minimum atomic E-state index is -4.03. The molecular weight excluding hydrogens is 269 g/mol. The molecule has 18 heavy (non-hydrogen) atoms. The molecule has 8 heteroatoms. The molecule has 0 aliphatic carbocycles. The van der Waals surface area contributed by atoms with Crippen molar-refractivity contribution in [2.45, 2.75) is 4.90 Å². The van der Waals surface area contributed by atoms with Crippen LogP contribution in [0.5, 0.6) is 0 Å². The molecule has 2 rings (SSSR count). The largest absolute Gasteiger partial charge is 0.366 e. The molecule has 2 N–H and O–H groups in total. The van der Waals surface area contributed by atoms with Crippen LogP contribution in [0.1, 0.15) is 0 Å². The van der Waals surface area contributed by atoms with Gasteiger partial charge in [-0.05, 0) is 6.07 Å². The van der Waals surface area contributed by atoms with Gasteiger partial charge >= 0.3 is 0 Å². The van der Waals surface area contributed by atoms with Crippen molar-refractivity contribution in [2.75, 3.05) is 4.72 Å². The van der Waals surface area contributed by atoms with Gasteiger partial charge in [0.1, 0.15) is 10.7 Å². The zero-order chi connectivity index (χ0) is 13.3. The Kier molecular flexibility index (Phi) is 3.04. The molecule has 4 nitrogen and oxygen atoms in total. The molecule has 0 spiro atoms. The highest BCUT2D eigenvalue weighted by atomic mass is 32.2. The fraction of sp³-hybridized carbons (Fsp3) is 0. The maximum atomic E-state index is 13.3. The predicted octanol–water partition coefficient (Wildman–Crippen LogP) is 2.23. The van der Waals surface area contributed by atoms with Crippen molar-refractivity contribution in [1.82, 2.24) is 4.98 Å². The van der Waals surface area contributed by atoms with Gasteiger partial charge in [0.05, 0.1) is 5.69 Å². The average Bonchev–Trinajstić information content (AvgIpc) is 2.79. The maximum absolute atomic E-state index is 13.3. The lowest BCUT2D eigenvalue weighted by Crippen LogP contribution is -2.13. The Balaban J connectivity index is 2.39. The number of anilines is 1. The minimum Gasteiger partial charge on any atom is -0.366 e. The topological polar surface area (TPSA) is 62.0 Å². The first kappa shape index (κ1) is 12.5. The Morgan fingerprint density at radius 1 is 1.06 bits per heavy atom. The first-order valence-corrected chi connectivity index (χ1v) is 6.18. The van der Waals surface area contributed by atoms with Gasteiger partial charge in [-0.3, -0.25) is 4.72 Å². The summed E-state index contributed by atoms with van der Waals surface area (Å²) in [5, 5.41) is 0. The number of aromatic amines is 1. The van der Waals surface area contributed by atoms with E-state index < -0.39 is 33.2 Å². The molecule has 1 heterocycles. The number of aromatic nitrogens is 1. The first-order valence-electron chi connectivity index (χ1n) is 4.70. The molecule has 1 aromatic heterocycles. The molecule has 0 aliphatic rings. The molecule has 0 aliphatic heterocycles. The van der Waals surface area contributed by atoms with Crippen molar-refractivity contribution in [3.05, 3.63) is 48.0 Å². The quantitative estimate of drug-likeness (QED) is 0.844. The minimum absolute atomic E-state index is 0.147. The van der Waals surface area contributed by atoms with E-state index >= 15 is 0 Å². The molecule has 0 unspecified atom stereocenters. The Morgan fingerprint density at radius 3 is 2.33 bits per heavy atom. The zero-order valence-corrected chi connectivity index (χ0v) is 9.56. The smallest absolute Gasteiger partial charge is 0.263 e. The number of halogens is 3. The van der Waals surface area contributed by atoms with Gasteiger partial charge in [0.15, 0.2) is 11.6 Å². The van der Waals surface area contributed by atoms with Crippen molar-refractivity contribution in [1.29, 1.82) is 0 Å². The standard InChI is InChI=1S/C10H7F3N2O2S/c11-7-3-9(13)10(4-8(7)12)15-18(16,17)6-1-2-14-5-6/h1-5,14-15H. The van der Waals surface area contributed by atoms with Crippen LogP contribution in [-0.4, -0.2) is 13.4 Å². The second-order valence-electron chi connectivity index (χ2n) is 3.40. The summed E-state index contributed by atoms with van der Waals surface area (Å²) in [5.74, 6) is -3.94. The number of H-pyrrole nitrogens is 1. The number of hydrogen-bond donors (Lipinski definition) is 2. The molecule has 1 aromatic carbocycles. The Morgan fingerprint density at radius 2 is 1.72 bits per heavy atom. The monoisotopic (exact) mass is 276 g/mol. The third-order valence-corrected chi connectivity index (χ3v) is 3.50. The van der Waals surface area contributed by atoms with Crippen LogP contribution in [0, 0.1) is 17.5 Å². The first-order chi connectivity index (χ1) is 8.40. The maximum Gasteiger partial charge on any atom is 0.263 e. The normalized spacial score (nSPS) is 11.5. The summed E-state index contributed by atoms with van der Waals surface area (Å²) < 4.78 is 64.0. The lowest BCUT2D eigenvalue weighted by molar-refractivity contribution is 0.496. The molecular formula is C10H7F3N2O2S. The molecule has 96 valence electrons. The molecule has 0 atom stereocenters. The van der Waals surface area contributed by atoms with E-state index in [0.29, 0.717) is 6.07 Å². The summed E-state index contributed by atoms with van der Waals surface area (Å²) in [6.07, 6.45) is 2.52. The van der Waals surface area contributed by atoms with Crippen molar-refractivity contribution in [3.8, 4) is 0 Å². The van der Waals surface area contributed by atoms with Crippen molar-refractivity contribution < 1.29 is 21.6 Å². The van der Waals surface area contributed by atoms with Gasteiger partial charge in [0.25, 0.3) is 10.0 Å². The van der Waals surface area contributed by atoms with Crippen molar-refractivity contribution >= 4 is 15.7 Å². The number of benzene rings is 1. The van der Waals surface area contributed by atoms with Gasteiger partial charge in [0, 0.05) is 24.5 Å². The van der Waals surface area contributed by atoms with Crippen LogP contribution in [0.25, 0.3) is 0 Å². The predicted molar refractivity (Wildman–Crippen MR) is 57.9 cm³/mol. The van der Waals surface area contributed by atoms with Crippen LogP contribution in [0.15, 0.2) is 35.5 Å². The van der Waals surface area contributed by atoms with Crippen LogP contribution in [-0.2, 0) is 10.0 Å². The molecule has 0 saturated heterocycles. The van der Waals surface area contributed by atoms with E-state index in [1.165, 1.54) is 18.5 Å². The molecule has 0 saturated carbocycles. The van der Waals surface area contributed by atoms with Crippen LogP contribution in [0.2, 0.25) is 0 Å². The molecule has 0 radical (unpaired) electrons. The van der Waals surface area contributed by atoms with E-state index in [0.717, 1.165) is 0 Å². The van der Waals surface area contributed by atoms with Crippen molar-refractivity contribution in [3.63, 3.8) is 0 Å². The Hall–Kier alpha value is -1.96. The van der Waals surface area contributed by atoms with Crippen LogP contribution in [0.4, 0.5) is 18.9 Å². The Bertz CT molecular complexity index is 669. The highest BCUT2D eigenvalue weighted by Gasteiger charge is 2.18. The van der Waals surface area contributed by atoms with Crippen LogP contribution < -0.4 is 4.72 Å². The van der Waals surface area contributed by atoms with E-state index in [4.69, 9.17) is 0 Å². The number of sulfonamides is 1. The summed E-state index contributed by atoms with van der Waals surface area (Å²) in [7, 11) is -4.03. The highest BCUT2D eigenvalue weighted by molar-refractivity contribution is 7.92. The van der Waals surface area contributed by atoms with E-state index in [1.807, 2.05) is 4.72 Å². The molecule has 0 fully saturated rings. The fourth-order valence-electron chi connectivity index (χ4n) is 1.28. The van der Waals surface area contributed by atoms with Gasteiger partial charge in [-0.2, -0.15) is 0 Å². The SMILES string of the molecule is O=S(=O)(Nc1cc(F)c(F)cc1F)c1cc[nH]c1. The molecule has 0 bridgehead atoms. The third-order valence-electron chi connectivity index (χ3n) is 2.13. The van der Waals surface area contributed by atoms with Crippen LogP contribution in [0.3, 0.4) is 0 Å². The van der Waals surface area contributed by atoms with Crippen molar-refractivity contribution in [2.24, 2.45) is 0 Å². The summed E-state index contributed by atoms with van der Waals surface area (Å²) in [6.45, 7) is 0. The van der Waals surface area contributed by atoms with Gasteiger partial charge < -0.3 is 4.98 Å². The van der Waals surface area contributed by atoms with E-state index in [2.05, 4.69) is 4.98 Å². The number of nitrogens with one attached hydrogen (secondary N) is 2. The third kappa shape index (κ3) is 2.33. The van der Waals surface area contributed by atoms with Gasteiger partial charge in [-0.1, -0.05) is 0 Å².